The minimum atomic E-state index is 0. The second-order valence-corrected chi connectivity index (χ2v) is 5.51. The summed E-state index contributed by atoms with van der Waals surface area (Å²) in [5, 5.41) is 3.18. The maximum Gasteiger partial charge on any atom is 0.257 e. The molecule has 130 valence electrons. The van der Waals surface area contributed by atoms with Crippen LogP contribution < -0.4 is 10.1 Å². The average molecular weight is 343 g/mol. The first kappa shape index (κ1) is 19.7. The third kappa shape index (κ3) is 5.68. The summed E-state index contributed by atoms with van der Waals surface area (Å²) in [6.45, 7) is 6.20. The number of carbonyl (C=O) groups excluding carboxylic acids is 1. The van der Waals surface area contributed by atoms with Crippen LogP contribution in [0.3, 0.4) is 0 Å². The molecule has 1 saturated heterocycles. The van der Waals surface area contributed by atoms with Gasteiger partial charge < -0.3 is 19.7 Å². The molecule has 2 rings (SSSR count). The topological polar surface area (TPSA) is 50.8 Å². The summed E-state index contributed by atoms with van der Waals surface area (Å²) in [4.78, 5) is 14.6. The predicted molar refractivity (Wildman–Crippen MR) is 93.6 cm³/mol. The Balaban J connectivity index is 0.00000264. The Labute approximate surface area is 144 Å². The van der Waals surface area contributed by atoms with Gasteiger partial charge in [0.1, 0.15) is 12.4 Å². The average Bonchev–Trinajstić information content (AvgIpc) is 3.00. The Morgan fingerprint density at radius 3 is 2.87 bits per heavy atom. The highest BCUT2D eigenvalue weighted by Gasteiger charge is 2.27. The van der Waals surface area contributed by atoms with Gasteiger partial charge in [-0.15, -0.1) is 12.4 Å². The quantitative estimate of drug-likeness (QED) is 0.736. The monoisotopic (exact) mass is 342 g/mol. The first-order valence-electron chi connectivity index (χ1n) is 7.99. The number of amides is 1. The van der Waals surface area contributed by atoms with Crippen molar-refractivity contribution in [2.24, 2.45) is 5.92 Å². The Bertz CT molecular complexity index is 485. The zero-order chi connectivity index (χ0) is 15.8. The fourth-order valence-corrected chi connectivity index (χ4v) is 2.77. The van der Waals surface area contributed by atoms with E-state index in [1.807, 2.05) is 43.1 Å². The summed E-state index contributed by atoms with van der Waals surface area (Å²) in [5.41, 5.74) is 0.643. The fraction of sp³-hybridized carbons (Fsp3) is 0.588. The Morgan fingerprint density at radius 2 is 2.13 bits per heavy atom. The van der Waals surface area contributed by atoms with Crippen LogP contribution >= 0.6 is 12.4 Å². The molecule has 1 aliphatic heterocycles. The number of benzene rings is 1. The first-order chi connectivity index (χ1) is 10.8. The van der Waals surface area contributed by atoms with Crippen LogP contribution in [0.1, 0.15) is 23.7 Å². The van der Waals surface area contributed by atoms with Crippen molar-refractivity contribution in [3.8, 4) is 5.75 Å². The number of likely N-dealkylation sites (tertiary alicyclic amines) is 1. The standard InChI is InChI=1S/C17H26N2O3.ClH/c1-3-21-10-11-22-16-7-5-4-6-15(16)17(20)19-9-8-14(13-19)12-18-2;/h4-7,14,18H,3,8-13H2,1-2H3;1H. The zero-order valence-electron chi connectivity index (χ0n) is 13.9. The number of rotatable bonds is 8. The number of carbonyl (C=O) groups is 1. The Hall–Kier alpha value is -1.30. The van der Waals surface area contributed by atoms with Crippen LogP contribution in [-0.2, 0) is 4.74 Å². The minimum Gasteiger partial charge on any atom is -0.490 e. The third-order valence-electron chi connectivity index (χ3n) is 3.87. The van der Waals surface area contributed by atoms with Crippen molar-refractivity contribution in [1.82, 2.24) is 10.2 Å². The number of hydrogen-bond acceptors (Lipinski definition) is 4. The number of nitrogens with zero attached hydrogens (tertiary/aromatic N) is 1. The summed E-state index contributed by atoms with van der Waals surface area (Å²) in [7, 11) is 1.95. The van der Waals surface area contributed by atoms with Gasteiger partial charge in [0, 0.05) is 19.7 Å². The van der Waals surface area contributed by atoms with E-state index in [0.29, 0.717) is 37.1 Å². The van der Waals surface area contributed by atoms with E-state index in [0.717, 1.165) is 26.1 Å². The molecule has 1 N–H and O–H groups in total. The number of ether oxygens (including phenoxy) is 2. The minimum absolute atomic E-state index is 0. The highest BCUT2D eigenvalue weighted by Crippen LogP contribution is 2.23. The van der Waals surface area contributed by atoms with Crippen LogP contribution in [0, 0.1) is 5.92 Å². The second kappa shape index (κ2) is 10.5. The Kier molecular flexibility index (Phi) is 8.99. The van der Waals surface area contributed by atoms with Gasteiger partial charge in [-0.2, -0.15) is 0 Å². The lowest BCUT2D eigenvalue weighted by Crippen LogP contribution is -2.30. The van der Waals surface area contributed by atoms with Crippen molar-refractivity contribution in [1.29, 1.82) is 0 Å². The van der Waals surface area contributed by atoms with Crippen molar-refractivity contribution in [3.05, 3.63) is 29.8 Å². The summed E-state index contributed by atoms with van der Waals surface area (Å²) < 4.78 is 11.0. The maximum atomic E-state index is 12.7. The van der Waals surface area contributed by atoms with Gasteiger partial charge >= 0.3 is 0 Å². The molecule has 1 atom stereocenters. The molecule has 6 heteroatoms. The fourth-order valence-electron chi connectivity index (χ4n) is 2.77. The molecule has 5 nitrogen and oxygen atoms in total. The largest absolute Gasteiger partial charge is 0.490 e. The molecule has 0 radical (unpaired) electrons. The number of para-hydroxylation sites is 1. The van der Waals surface area contributed by atoms with Crippen molar-refractivity contribution in [3.63, 3.8) is 0 Å². The van der Waals surface area contributed by atoms with Crippen molar-refractivity contribution < 1.29 is 14.3 Å². The molecule has 1 amide bonds. The molecular formula is C17H27ClN2O3. The highest BCUT2D eigenvalue weighted by molar-refractivity contribution is 5.97. The van der Waals surface area contributed by atoms with Gasteiger partial charge in [0.05, 0.1) is 12.2 Å². The van der Waals surface area contributed by atoms with E-state index >= 15 is 0 Å². The summed E-state index contributed by atoms with van der Waals surface area (Å²) in [6.07, 6.45) is 1.06. The molecule has 1 unspecified atom stereocenters. The molecule has 0 bridgehead atoms. The number of halogens is 1. The Morgan fingerprint density at radius 1 is 1.35 bits per heavy atom. The molecule has 23 heavy (non-hydrogen) atoms. The van der Waals surface area contributed by atoms with Gasteiger partial charge in [0.25, 0.3) is 5.91 Å². The molecule has 1 aromatic carbocycles. The van der Waals surface area contributed by atoms with E-state index in [4.69, 9.17) is 9.47 Å². The van der Waals surface area contributed by atoms with E-state index in [1.165, 1.54) is 0 Å². The van der Waals surface area contributed by atoms with E-state index < -0.39 is 0 Å². The van der Waals surface area contributed by atoms with Gasteiger partial charge in [-0.05, 0) is 45.0 Å². The SMILES string of the molecule is CCOCCOc1ccccc1C(=O)N1CCC(CNC)C1.Cl. The van der Waals surface area contributed by atoms with Crippen molar-refractivity contribution >= 4 is 18.3 Å². The van der Waals surface area contributed by atoms with Gasteiger partial charge in [0.15, 0.2) is 0 Å². The molecule has 0 saturated carbocycles. The van der Waals surface area contributed by atoms with Gasteiger partial charge in [-0.3, -0.25) is 4.79 Å². The molecule has 1 fully saturated rings. The lowest BCUT2D eigenvalue weighted by atomic mass is 10.1. The van der Waals surface area contributed by atoms with Gasteiger partial charge in [0.2, 0.25) is 0 Å². The molecule has 1 aliphatic rings. The number of nitrogens with one attached hydrogen (secondary N) is 1. The van der Waals surface area contributed by atoms with Crippen LogP contribution in [0.2, 0.25) is 0 Å². The van der Waals surface area contributed by atoms with Gasteiger partial charge in [-0.25, -0.2) is 0 Å². The molecule has 1 heterocycles. The first-order valence-corrected chi connectivity index (χ1v) is 7.99. The third-order valence-corrected chi connectivity index (χ3v) is 3.87. The van der Waals surface area contributed by atoms with E-state index in [9.17, 15) is 4.79 Å². The van der Waals surface area contributed by atoms with Crippen LogP contribution in [-0.4, -0.2) is 57.3 Å². The van der Waals surface area contributed by atoms with Crippen LogP contribution in [0.5, 0.6) is 5.75 Å². The van der Waals surface area contributed by atoms with Crippen LogP contribution in [0.4, 0.5) is 0 Å². The molecule has 0 aliphatic carbocycles. The molecule has 0 aromatic heterocycles. The molecular weight excluding hydrogens is 316 g/mol. The summed E-state index contributed by atoms with van der Waals surface area (Å²) >= 11 is 0. The van der Waals surface area contributed by atoms with Gasteiger partial charge in [-0.1, -0.05) is 12.1 Å². The van der Waals surface area contributed by atoms with Crippen molar-refractivity contribution in [2.75, 3.05) is 46.5 Å². The lowest BCUT2D eigenvalue weighted by Gasteiger charge is -2.19. The highest BCUT2D eigenvalue weighted by atomic mass is 35.5. The van der Waals surface area contributed by atoms with Crippen molar-refractivity contribution in [2.45, 2.75) is 13.3 Å². The summed E-state index contributed by atoms with van der Waals surface area (Å²) in [6, 6.07) is 7.45. The molecule has 0 spiro atoms. The number of hydrogen-bond donors (Lipinski definition) is 1. The smallest absolute Gasteiger partial charge is 0.257 e. The van der Waals surface area contributed by atoms with E-state index in [1.54, 1.807) is 0 Å². The zero-order valence-corrected chi connectivity index (χ0v) is 14.7. The van der Waals surface area contributed by atoms with E-state index in [2.05, 4.69) is 5.32 Å². The maximum absolute atomic E-state index is 12.7. The normalized spacial score (nSPS) is 17.0. The second-order valence-electron chi connectivity index (χ2n) is 5.51. The van der Waals surface area contributed by atoms with Crippen LogP contribution in [0.15, 0.2) is 24.3 Å². The lowest BCUT2D eigenvalue weighted by molar-refractivity contribution is 0.0776. The van der Waals surface area contributed by atoms with E-state index in [-0.39, 0.29) is 18.3 Å². The predicted octanol–water partition coefficient (Wildman–Crippen LogP) is 2.21. The summed E-state index contributed by atoms with van der Waals surface area (Å²) in [5.74, 6) is 1.25. The van der Waals surface area contributed by atoms with Crippen LogP contribution in [0.25, 0.3) is 0 Å². The molecule has 1 aromatic rings.